The van der Waals surface area contributed by atoms with Crippen molar-refractivity contribution in [2.24, 2.45) is 0 Å². The fraction of sp³-hybridized carbons (Fsp3) is 0.462. The molecule has 0 heterocycles. The highest BCUT2D eigenvalue weighted by Crippen LogP contribution is 2.25. The lowest BCUT2D eigenvalue weighted by Gasteiger charge is -2.13. The van der Waals surface area contributed by atoms with Crippen molar-refractivity contribution in [3.8, 4) is 5.75 Å². The molecule has 0 bridgehead atoms. The van der Waals surface area contributed by atoms with E-state index in [1.165, 1.54) is 7.11 Å². The van der Waals surface area contributed by atoms with Gasteiger partial charge in [-0.1, -0.05) is 0 Å². The first-order valence-electron chi connectivity index (χ1n) is 5.47. The highest BCUT2D eigenvalue weighted by atomic mass is 16.5. The van der Waals surface area contributed by atoms with Gasteiger partial charge in [-0.05, 0) is 37.1 Å². The zero-order valence-corrected chi connectivity index (χ0v) is 10.7. The molecule has 0 aromatic heterocycles. The van der Waals surface area contributed by atoms with Crippen LogP contribution in [0.25, 0.3) is 0 Å². The summed E-state index contributed by atoms with van der Waals surface area (Å²) in [5, 5.41) is 0. The number of benzene rings is 1. The van der Waals surface area contributed by atoms with Gasteiger partial charge in [0.15, 0.2) is 0 Å². The minimum Gasteiger partial charge on any atom is -0.494 e. The third-order valence-electron chi connectivity index (χ3n) is 2.49. The monoisotopic (exact) mass is 238 g/mol. The molecule has 4 nitrogen and oxygen atoms in total. The van der Waals surface area contributed by atoms with E-state index in [1.54, 1.807) is 19.2 Å². The fourth-order valence-electron chi connectivity index (χ4n) is 1.59. The number of ether oxygens (including phenoxy) is 3. The summed E-state index contributed by atoms with van der Waals surface area (Å²) < 4.78 is 15.3. The predicted molar refractivity (Wildman–Crippen MR) is 64.4 cm³/mol. The van der Waals surface area contributed by atoms with Crippen LogP contribution in [0.3, 0.4) is 0 Å². The number of methoxy groups -OCH3 is 2. The number of carbonyl (C=O) groups is 1. The van der Waals surface area contributed by atoms with E-state index >= 15 is 0 Å². The standard InChI is InChI=1S/C13H18O4/c1-5-17-12-7-10(13(14)16-4)6-11(8-15-3)9(12)2/h6-7H,5,8H2,1-4H3. The van der Waals surface area contributed by atoms with Gasteiger partial charge in [-0.3, -0.25) is 0 Å². The number of esters is 1. The van der Waals surface area contributed by atoms with Crippen LogP contribution in [0.15, 0.2) is 12.1 Å². The molecule has 0 aliphatic rings. The van der Waals surface area contributed by atoms with Crippen LogP contribution < -0.4 is 4.74 Å². The first-order valence-corrected chi connectivity index (χ1v) is 5.47. The van der Waals surface area contributed by atoms with Gasteiger partial charge in [0.05, 0.1) is 25.9 Å². The fourth-order valence-corrected chi connectivity index (χ4v) is 1.59. The Morgan fingerprint density at radius 1 is 1.29 bits per heavy atom. The molecule has 0 saturated carbocycles. The molecule has 1 aromatic rings. The van der Waals surface area contributed by atoms with E-state index in [0.717, 1.165) is 11.1 Å². The molecule has 0 radical (unpaired) electrons. The van der Waals surface area contributed by atoms with Crippen molar-refractivity contribution in [1.82, 2.24) is 0 Å². The molecule has 94 valence electrons. The Morgan fingerprint density at radius 3 is 2.53 bits per heavy atom. The van der Waals surface area contributed by atoms with Crippen LogP contribution in [-0.2, 0) is 16.1 Å². The smallest absolute Gasteiger partial charge is 0.337 e. The summed E-state index contributed by atoms with van der Waals surface area (Å²) in [4.78, 5) is 11.5. The van der Waals surface area contributed by atoms with Crippen molar-refractivity contribution in [2.45, 2.75) is 20.5 Å². The maximum absolute atomic E-state index is 11.5. The Bertz CT molecular complexity index is 371. The molecular weight excluding hydrogens is 220 g/mol. The van der Waals surface area contributed by atoms with Crippen LogP contribution in [0, 0.1) is 6.92 Å². The molecule has 1 aromatic carbocycles. The van der Waals surface area contributed by atoms with Crippen molar-refractivity contribution in [3.63, 3.8) is 0 Å². The summed E-state index contributed by atoms with van der Waals surface area (Å²) in [6.45, 7) is 4.84. The molecule has 0 unspecified atom stereocenters. The molecule has 0 aliphatic heterocycles. The second kappa shape index (κ2) is 6.25. The van der Waals surface area contributed by atoms with Gasteiger partial charge in [-0.2, -0.15) is 0 Å². The van der Waals surface area contributed by atoms with E-state index < -0.39 is 0 Å². The van der Waals surface area contributed by atoms with Crippen molar-refractivity contribution in [3.05, 3.63) is 28.8 Å². The van der Waals surface area contributed by atoms with E-state index in [-0.39, 0.29) is 5.97 Å². The second-order valence-electron chi connectivity index (χ2n) is 3.62. The molecule has 4 heteroatoms. The minimum absolute atomic E-state index is 0.372. The summed E-state index contributed by atoms with van der Waals surface area (Å²) >= 11 is 0. The average Bonchev–Trinajstić information content (AvgIpc) is 2.33. The maximum atomic E-state index is 11.5. The van der Waals surface area contributed by atoms with Crippen molar-refractivity contribution < 1.29 is 19.0 Å². The highest BCUT2D eigenvalue weighted by molar-refractivity contribution is 5.90. The molecule has 0 N–H and O–H groups in total. The number of carbonyl (C=O) groups excluding carboxylic acids is 1. The van der Waals surface area contributed by atoms with Crippen LogP contribution >= 0.6 is 0 Å². The Kier molecular flexibility index (Phi) is 4.97. The van der Waals surface area contributed by atoms with E-state index in [2.05, 4.69) is 0 Å². The summed E-state index contributed by atoms with van der Waals surface area (Å²) in [6, 6.07) is 3.47. The van der Waals surface area contributed by atoms with Gasteiger partial charge in [-0.15, -0.1) is 0 Å². The van der Waals surface area contributed by atoms with Gasteiger partial charge in [0.2, 0.25) is 0 Å². The van der Waals surface area contributed by atoms with Gasteiger partial charge in [0.25, 0.3) is 0 Å². The normalized spacial score (nSPS) is 10.1. The summed E-state index contributed by atoms with van der Waals surface area (Å²) in [5.74, 6) is 0.325. The van der Waals surface area contributed by atoms with E-state index in [0.29, 0.717) is 24.5 Å². The number of hydrogen-bond donors (Lipinski definition) is 0. The molecule has 0 amide bonds. The molecule has 1 rings (SSSR count). The zero-order chi connectivity index (χ0) is 12.8. The van der Waals surface area contributed by atoms with Crippen LogP contribution in [0.1, 0.15) is 28.4 Å². The Labute approximate surface area is 101 Å². The Morgan fingerprint density at radius 2 is 2.00 bits per heavy atom. The Hall–Kier alpha value is -1.55. The largest absolute Gasteiger partial charge is 0.494 e. The number of rotatable bonds is 5. The summed E-state index contributed by atoms with van der Waals surface area (Å²) in [7, 11) is 2.98. The topological polar surface area (TPSA) is 44.8 Å². The second-order valence-corrected chi connectivity index (χ2v) is 3.62. The average molecular weight is 238 g/mol. The minimum atomic E-state index is -0.372. The lowest BCUT2D eigenvalue weighted by atomic mass is 10.0. The summed E-state index contributed by atoms with van der Waals surface area (Å²) in [5.41, 5.74) is 2.40. The van der Waals surface area contributed by atoms with Gasteiger partial charge >= 0.3 is 5.97 Å². The van der Waals surface area contributed by atoms with Gasteiger partial charge in [0, 0.05) is 7.11 Å². The molecule has 0 aliphatic carbocycles. The van der Waals surface area contributed by atoms with Crippen LogP contribution in [-0.4, -0.2) is 26.8 Å². The van der Waals surface area contributed by atoms with E-state index in [9.17, 15) is 4.79 Å². The zero-order valence-electron chi connectivity index (χ0n) is 10.7. The van der Waals surface area contributed by atoms with Gasteiger partial charge in [-0.25, -0.2) is 4.79 Å². The lowest BCUT2D eigenvalue weighted by molar-refractivity contribution is 0.0600. The van der Waals surface area contributed by atoms with E-state index in [4.69, 9.17) is 14.2 Å². The Balaban J connectivity index is 3.20. The van der Waals surface area contributed by atoms with Crippen molar-refractivity contribution in [1.29, 1.82) is 0 Å². The van der Waals surface area contributed by atoms with Crippen molar-refractivity contribution in [2.75, 3.05) is 20.8 Å². The van der Waals surface area contributed by atoms with Crippen molar-refractivity contribution >= 4 is 5.97 Å². The molecule has 17 heavy (non-hydrogen) atoms. The quantitative estimate of drug-likeness (QED) is 0.738. The number of hydrogen-bond acceptors (Lipinski definition) is 4. The first kappa shape index (κ1) is 13.5. The molecule has 0 spiro atoms. The summed E-state index contributed by atoms with van der Waals surface area (Å²) in [6.07, 6.45) is 0. The van der Waals surface area contributed by atoms with Crippen LogP contribution in [0.5, 0.6) is 5.75 Å². The van der Waals surface area contributed by atoms with E-state index in [1.807, 2.05) is 13.8 Å². The SMILES string of the molecule is CCOc1cc(C(=O)OC)cc(COC)c1C. The molecule has 0 fully saturated rings. The third-order valence-corrected chi connectivity index (χ3v) is 2.49. The van der Waals surface area contributed by atoms with Crippen LogP contribution in [0.2, 0.25) is 0 Å². The maximum Gasteiger partial charge on any atom is 0.337 e. The lowest BCUT2D eigenvalue weighted by Crippen LogP contribution is -2.06. The van der Waals surface area contributed by atoms with Gasteiger partial charge in [0.1, 0.15) is 5.75 Å². The predicted octanol–water partition coefficient (Wildman–Crippen LogP) is 2.33. The van der Waals surface area contributed by atoms with Gasteiger partial charge < -0.3 is 14.2 Å². The highest BCUT2D eigenvalue weighted by Gasteiger charge is 2.13. The molecule has 0 saturated heterocycles. The van der Waals surface area contributed by atoms with Crippen LogP contribution in [0.4, 0.5) is 0 Å². The third kappa shape index (κ3) is 3.20. The molecule has 0 atom stereocenters. The molecular formula is C13H18O4. The first-order chi connectivity index (χ1) is 8.13.